The summed E-state index contributed by atoms with van der Waals surface area (Å²) in [6.07, 6.45) is 1.87. The number of Topliss-reactive ketones (excluding diaryl/α,β-unsaturated/α-hetero) is 1. The molecule has 0 atom stereocenters. The highest BCUT2D eigenvalue weighted by Gasteiger charge is 2.38. The lowest BCUT2D eigenvalue weighted by Gasteiger charge is -2.32. The smallest absolute Gasteiger partial charge is 0.319 e. The summed E-state index contributed by atoms with van der Waals surface area (Å²) >= 11 is 0. The fourth-order valence-corrected chi connectivity index (χ4v) is 2.10. The lowest BCUT2D eigenvalue weighted by Crippen LogP contribution is -2.45. The Hall–Kier alpha value is -0.940. The number of carbonyl (C=O) groups is 2. The van der Waals surface area contributed by atoms with Crippen molar-refractivity contribution in [2.24, 2.45) is 5.41 Å². The minimum absolute atomic E-state index is 0.0973. The molecule has 0 bridgehead atoms. The number of hydrogen-bond donors (Lipinski definition) is 0. The normalized spacial score (nSPS) is 17.5. The summed E-state index contributed by atoms with van der Waals surface area (Å²) < 4.78 is 10.3. The highest BCUT2D eigenvalue weighted by Crippen LogP contribution is 2.21. The molecule has 0 aromatic rings. The number of esters is 1. The number of likely N-dealkylation sites (N-methyl/N-ethyl adjacent to an activating group) is 1. The fraction of sp³-hybridized carbons (Fsp3) is 0.857. The molecule has 5 heteroatoms. The van der Waals surface area contributed by atoms with Gasteiger partial charge in [0.1, 0.15) is 5.41 Å². The van der Waals surface area contributed by atoms with Crippen molar-refractivity contribution in [2.45, 2.75) is 39.7 Å². The van der Waals surface area contributed by atoms with Gasteiger partial charge in [0, 0.05) is 19.3 Å². The molecule has 0 aliphatic carbocycles. The maximum Gasteiger partial charge on any atom is 0.319 e. The van der Waals surface area contributed by atoms with Gasteiger partial charge in [-0.2, -0.15) is 0 Å². The Morgan fingerprint density at radius 1 is 1.32 bits per heavy atom. The molecule has 5 nitrogen and oxygen atoms in total. The van der Waals surface area contributed by atoms with Gasteiger partial charge < -0.3 is 9.47 Å². The first kappa shape index (κ1) is 16.1. The molecule has 0 aromatic heterocycles. The van der Waals surface area contributed by atoms with E-state index in [0.717, 1.165) is 26.1 Å². The average molecular weight is 271 g/mol. The van der Waals surface area contributed by atoms with Crippen molar-refractivity contribution in [3.63, 3.8) is 0 Å². The van der Waals surface area contributed by atoms with Gasteiger partial charge in [-0.25, -0.2) is 0 Å². The fourth-order valence-electron chi connectivity index (χ4n) is 2.10. The van der Waals surface area contributed by atoms with Crippen molar-refractivity contribution in [3.05, 3.63) is 0 Å². The maximum absolute atomic E-state index is 12.3. The minimum atomic E-state index is -1.07. The van der Waals surface area contributed by atoms with Crippen molar-refractivity contribution >= 4 is 11.8 Å². The van der Waals surface area contributed by atoms with Crippen LogP contribution in [0.25, 0.3) is 0 Å². The molecule has 0 spiro atoms. The maximum atomic E-state index is 12.3. The topological polar surface area (TPSA) is 55.8 Å². The molecule has 19 heavy (non-hydrogen) atoms. The summed E-state index contributed by atoms with van der Waals surface area (Å²) in [5.74, 6) is -0.541. The van der Waals surface area contributed by atoms with Gasteiger partial charge in [0.2, 0.25) is 0 Å². The molecule has 1 aliphatic rings. The summed E-state index contributed by atoms with van der Waals surface area (Å²) in [4.78, 5) is 26.1. The van der Waals surface area contributed by atoms with E-state index in [2.05, 4.69) is 0 Å². The van der Waals surface area contributed by atoms with E-state index < -0.39 is 11.4 Å². The Kier molecular flexibility index (Phi) is 5.94. The lowest BCUT2D eigenvalue weighted by atomic mass is 9.87. The quantitative estimate of drug-likeness (QED) is 0.537. The Bertz CT molecular complexity index is 321. The summed E-state index contributed by atoms with van der Waals surface area (Å²) in [7, 11) is 1.93. The van der Waals surface area contributed by atoms with Crippen LogP contribution < -0.4 is 0 Å². The first-order chi connectivity index (χ1) is 8.89. The SMILES string of the molecule is CCOC(=O)C(C)(C)C(=O)CN(C)C1CCOCC1. The summed E-state index contributed by atoms with van der Waals surface area (Å²) in [6.45, 7) is 7.06. The van der Waals surface area contributed by atoms with Crippen LogP contribution >= 0.6 is 0 Å². The Morgan fingerprint density at radius 2 is 1.89 bits per heavy atom. The van der Waals surface area contributed by atoms with Gasteiger partial charge in [0.05, 0.1) is 13.2 Å². The second-order valence-corrected chi connectivity index (χ2v) is 5.53. The van der Waals surface area contributed by atoms with E-state index in [1.165, 1.54) is 0 Å². The van der Waals surface area contributed by atoms with E-state index in [1.807, 2.05) is 11.9 Å². The van der Waals surface area contributed by atoms with Gasteiger partial charge in [-0.3, -0.25) is 14.5 Å². The van der Waals surface area contributed by atoms with Gasteiger partial charge in [-0.1, -0.05) is 0 Å². The molecule has 0 N–H and O–H groups in total. The van der Waals surface area contributed by atoms with E-state index in [1.54, 1.807) is 20.8 Å². The van der Waals surface area contributed by atoms with Crippen LogP contribution in [0.3, 0.4) is 0 Å². The summed E-state index contributed by atoms with van der Waals surface area (Å²) in [5, 5.41) is 0. The largest absolute Gasteiger partial charge is 0.465 e. The third kappa shape index (κ3) is 4.28. The number of nitrogens with zero attached hydrogens (tertiary/aromatic N) is 1. The highest BCUT2D eigenvalue weighted by atomic mass is 16.5. The molecule has 1 aliphatic heterocycles. The number of carbonyl (C=O) groups excluding carboxylic acids is 2. The zero-order valence-corrected chi connectivity index (χ0v) is 12.4. The molecule has 1 saturated heterocycles. The molecule has 0 aromatic carbocycles. The van der Waals surface area contributed by atoms with Crippen LogP contribution in [-0.2, 0) is 19.1 Å². The van der Waals surface area contributed by atoms with Crippen LogP contribution in [0.4, 0.5) is 0 Å². The molecule has 1 rings (SSSR count). The van der Waals surface area contributed by atoms with E-state index in [0.29, 0.717) is 12.6 Å². The second-order valence-electron chi connectivity index (χ2n) is 5.53. The van der Waals surface area contributed by atoms with Crippen molar-refractivity contribution < 1.29 is 19.1 Å². The van der Waals surface area contributed by atoms with Crippen LogP contribution in [0.2, 0.25) is 0 Å². The molecular formula is C14H25NO4. The third-order valence-corrected chi connectivity index (χ3v) is 3.69. The van der Waals surface area contributed by atoms with Crippen molar-refractivity contribution in [2.75, 3.05) is 33.4 Å². The first-order valence-corrected chi connectivity index (χ1v) is 6.88. The van der Waals surface area contributed by atoms with Crippen LogP contribution in [0.1, 0.15) is 33.6 Å². The van der Waals surface area contributed by atoms with Crippen molar-refractivity contribution in [1.82, 2.24) is 4.90 Å². The van der Waals surface area contributed by atoms with Gasteiger partial charge in [0.15, 0.2) is 5.78 Å². The first-order valence-electron chi connectivity index (χ1n) is 6.88. The van der Waals surface area contributed by atoms with Crippen molar-refractivity contribution in [3.8, 4) is 0 Å². The van der Waals surface area contributed by atoms with E-state index in [4.69, 9.17) is 9.47 Å². The average Bonchev–Trinajstić information content (AvgIpc) is 2.39. The molecule has 0 unspecified atom stereocenters. The zero-order chi connectivity index (χ0) is 14.5. The molecule has 1 fully saturated rings. The zero-order valence-electron chi connectivity index (χ0n) is 12.4. The van der Waals surface area contributed by atoms with E-state index >= 15 is 0 Å². The molecular weight excluding hydrogens is 246 g/mol. The van der Waals surface area contributed by atoms with Gasteiger partial charge in [0.25, 0.3) is 0 Å². The Morgan fingerprint density at radius 3 is 2.42 bits per heavy atom. The van der Waals surface area contributed by atoms with Crippen LogP contribution in [0, 0.1) is 5.41 Å². The van der Waals surface area contributed by atoms with Crippen LogP contribution in [0.5, 0.6) is 0 Å². The number of ketones is 1. The number of hydrogen-bond acceptors (Lipinski definition) is 5. The van der Waals surface area contributed by atoms with Crippen molar-refractivity contribution in [1.29, 1.82) is 0 Å². The molecule has 0 saturated carbocycles. The lowest BCUT2D eigenvalue weighted by molar-refractivity contribution is -0.158. The summed E-state index contributed by atoms with van der Waals surface area (Å²) in [6, 6.07) is 0.357. The summed E-state index contributed by atoms with van der Waals surface area (Å²) in [5.41, 5.74) is -1.07. The van der Waals surface area contributed by atoms with E-state index in [-0.39, 0.29) is 12.3 Å². The van der Waals surface area contributed by atoms with Gasteiger partial charge in [-0.05, 0) is 40.7 Å². The third-order valence-electron chi connectivity index (χ3n) is 3.69. The number of rotatable bonds is 6. The highest BCUT2D eigenvalue weighted by molar-refractivity contribution is 6.03. The van der Waals surface area contributed by atoms with Gasteiger partial charge in [-0.15, -0.1) is 0 Å². The molecule has 110 valence electrons. The minimum Gasteiger partial charge on any atom is -0.465 e. The predicted molar refractivity (Wildman–Crippen MR) is 71.9 cm³/mol. The van der Waals surface area contributed by atoms with Crippen LogP contribution in [-0.4, -0.2) is 56.1 Å². The Balaban J connectivity index is 2.54. The van der Waals surface area contributed by atoms with E-state index in [9.17, 15) is 9.59 Å². The standard InChI is InChI=1S/C14H25NO4/c1-5-19-13(17)14(2,3)12(16)10-15(4)11-6-8-18-9-7-11/h11H,5-10H2,1-4H3. The molecule has 1 heterocycles. The number of ether oxygens (including phenoxy) is 2. The molecule has 0 amide bonds. The second kappa shape index (κ2) is 7.01. The molecule has 0 radical (unpaired) electrons. The Labute approximate surface area is 115 Å². The monoisotopic (exact) mass is 271 g/mol. The predicted octanol–water partition coefficient (Wildman–Crippen LogP) is 1.26. The van der Waals surface area contributed by atoms with Crippen LogP contribution in [0.15, 0.2) is 0 Å². The van der Waals surface area contributed by atoms with Gasteiger partial charge >= 0.3 is 5.97 Å².